The first kappa shape index (κ1) is 17.6. The lowest BCUT2D eigenvalue weighted by Gasteiger charge is -2.09. The summed E-state index contributed by atoms with van der Waals surface area (Å²) in [6, 6.07) is 12.5. The minimum Gasteiger partial charge on any atom is -0.355 e. The first-order valence-corrected chi connectivity index (χ1v) is 9.18. The van der Waals surface area contributed by atoms with Crippen LogP contribution in [0.4, 0.5) is 5.69 Å². The average molecular weight is 371 g/mol. The van der Waals surface area contributed by atoms with E-state index in [2.05, 4.69) is 20.2 Å². The molecule has 0 spiro atoms. The van der Waals surface area contributed by atoms with Crippen molar-refractivity contribution in [1.82, 2.24) is 20.1 Å². The van der Waals surface area contributed by atoms with E-state index in [0.29, 0.717) is 17.1 Å². The highest BCUT2D eigenvalue weighted by atomic mass is 32.2. The van der Waals surface area contributed by atoms with Crippen molar-refractivity contribution in [1.29, 1.82) is 0 Å². The number of rotatable bonds is 5. The lowest BCUT2D eigenvalue weighted by Crippen LogP contribution is -2.18. The number of hydrogen-bond acceptors (Lipinski definition) is 5. The van der Waals surface area contributed by atoms with Gasteiger partial charge in [0.1, 0.15) is 6.33 Å². The van der Waals surface area contributed by atoms with Gasteiger partial charge in [-0.2, -0.15) is 0 Å². The van der Waals surface area contributed by atoms with Gasteiger partial charge in [-0.15, -0.1) is 10.2 Å². The first-order chi connectivity index (χ1) is 12.4. The van der Waals surface area contributed by atoms with Crippen LogP contribution < -0.4 is 10.0 Å². The van der Waals surface area contributed by atoms with Crippen molar-refractivity contribution in [3.05, 3.63) is 60.4 Å². The number of amides is 1. The molecule has 2 aromatic carbocycles. The van der Waals surface area contributed by atoms with Crippen LogP contribution in [0.25, 0.3) is 11.4 Å². The Morgan fingerprint density at radius 2 is 1.69 bits per heavy atom. The van der Waals surface area contributed by atoms with Crippen molar-refractivity contribution in [3.63, 3.8) is 0 Å². The predicted molar refractivity (Wildman–Crippen MR) is 97.1 cm³/mol. The Bertz CT molecular complexity index is 1030. The second-order valence-electron chi connectivity index (χ2n) is 5.55. The van der Waals surface area contributed by atoms with Crippen molar-refractivity contribution < 1.29 is 13.2 Å². The van der Waals surface area contributed by atoms with E-state index in [4.69, 9.17) is 0 Å². The summed E-state index contributed by atoms with van der Waals surface area (Å²) in [5.41, 5.74) is 1.63. The second-order valence-corrected chi connectivity index (χ2v) is 7.23. The third-order valence-corrected chi connectivity index (χ3v) is 5.16. The minimum absolute atomic E-state index is 0.0718. The van der Waals surface area contributed by atoms with Gasteiger partial charge in [-0.25, -0.2) is 8.42 Å². The maximum atomic E-state index is 12.5. The summed E-state index contributed by atoms with van der Waals surface area (Å²) in [6.07, 6.45) is 1.59. The quantitative estimate of drug-likeness (QED) is 0.709. The number of sulfonamides is 1. The van der Waals surface area contributed by atoms with Gasteiger partial charge in [0.05, 0.1) is 4.90 Å². The van der Waals surface area contributed by atoms with Crippen molar-refractivity contribution >= 4 is 21.6 Å². The smallest absolute Gasteiger partial charge is 0.261 e. The van der Waals surface area contributed by atoms with Crippen LogP contribution in [0.1, 0.15) is 10.4 Å². The fourth-order valence-electron chi connectivity index (χ4n) is 2.38. The zero-order valence-corrected chi connectivity index (χ0v) is 15.0. The molecule has 0 atom stereocenters. The Hall–Kier alpha value is -3.20. The van der Waals surface area contributed by atoms with E-state index in [1.54, 1.807) is 35.2 Å². The summed E-state index contributed by atoms with van der Waals surface area (Å²) in [5, 5.41) is 10.3. The van der Waals surface area contributed by atoms with Crippen LogP contribution in [0.3, 0.4) is 0 Å². The summed E-state index contributed by atoms with van der Waals surface area (Å²) in [6.45, 7) is 0. The molecule has 3 aromatic rings. The zero-order valence-electron chi connectivity index (χ0n) is 14.2. The molecule has 134 valence electrons. The zero-order chi connectivity index (χ0) is 18.7. The maximum absolute atomic E-state index is 12.5. The number of carbonyl (C=O) groups is 1. The molecule has 26 heavy (non-hydrogen) atoms. The highest BCUT2D eigenvalue weighted by Gasteiger charge is 2.15. The van der Waals surface area contributed by atoms with Crippen molar-refractivity contribution in [3.8, 4) is 11.4 Å². The van der Waals surface area contributed by atoms with Gasteiger partial charge in [0.25, 0.3) is 15.9 Å². The third kappa shape index (κ3) is 3.57. The highest BCUT2D eigenvalue weighted by Crippen LogP contribution is 2.21. The molecule has 1 heterocycles. The Morgan fingerprint density at radius 3 is 2.23 bits per heavy atom. The summed E-state index contributed by atoms with van der Waals surface area (Å²) >= 11 is 0. The van der Waals surface area contributed by atoms with E-state index < -0.39 is 10.0 Å². The van der Waals surface area contributed by atoms with Crippen molar-refractivity contribution in [2.75, 3.05) is 11.8 Å². The van der Waals surface area contributed by atoms with Gasteiger partial charge in [0, 0.05) is 30.9 Å². The predicted octanol–water partition coefficient (Wildman–Crippen LogP) is 1.64. The van der Waals surface area contributed by atoms with Crippen molar-refractivity contribution in [2.24, 2.45) is 7.05 Å². The largest absolute Gasteiger partial charge is 0.355 e. The number of anilines is 1. The molecule has 0 saturated heterocycles. The molecule has 0 saturated carbocycles. The molecule has 0 bridgehead atoms. The van der Waals surface area contributed by atoms with Gasteiger partial charge in [-0.05, 0) is 48.5 Å². The summed E-state index contributed by atoms with van der Waals surface area (Å²) in [5.74, 6) is 0.408. The summed E-state index contributed by atoms with van der Waals surface area (Å²) in [4.78, 5) is 11.6. The normalized spacial score (nSPS) is 11.2. The second kappa shape index (κ2) is 6.96. The Labute approximate surface area is 150 Å². The SMILES string of the molecule is CNC(=O)c1ccc(S(=O)(=O)Nc2ccc(-c3nncn3C)cc2)cc1. The average Bonchev–Trinajstić information content (AvgIpc) is 3.07. The van der Waals surface area contributed by atoms with Crippen LogP contribution in [0, 0.1) is 0 Å². The van der Waals surface area contributed by atoms with Crippen LogP contribution in [0.5, 0.6) is 0 Å². The Balaban J connectivity index is 1.79. The molecule has 2 N–H and O–H groups in total. The van der Waals surface area contributed by atoms with Gasteiger partial charge < -0.3 is 9.88 Å². The molecule has 0 aliphatic heterocycles. The summed E-state index contributed by atoms with van der Waals surface area (Å²) in [7, 11) is -0.411. The molecule has 3 rings (SSSR count). The molecule has 0 fully saturated rings. The van der Waals surface area contributed by atoms with E-state index in [9.17, 15) is 13.2 Å². The molecule has 8 nitrogen and oxygen atoms in total. The first-order valence-electron chi connectivity index (χ1n) is 7.70. The van der Waals surface area contributed by atoms with E-state index in [1.807, 2.05) is 7.05 Å². The van der Waals surface area contributed by atoms with E-state index >= 15 is 0 Å². The molecule has 0 aliphatic carbocycles. The van der Waals surface area contributed by atoms with E-state index in [1.165, 1.54) is 31.3 Å². The molecule has 0 unspecified atom stereocenters. The molecule has 9 heteroatoms. The van der Waals surface area contributed by atoms with Gasteiger partial charge in [0.2, 0.25) is 0 Å². The fraction of sp³-hybridized carbons (Fsp3) is 0.118. The van der Waals surface area contributed by atoms with Crippen LogP contribution in [0.15, 0.2) is 59.8 Å². The number of nitrogens with one attached hydrogen (secondary N) is 2. The summed E-state index contributed by atoms with van der Waals surface area (Å²) < 4.78 is 29.2. The molecule has 1 aromatic heterocycles. The molecular weight excluding hydrogens is 354 g/mol. The molecular formula is C17H17N5O3S. The monoisotopic (exact) mass is 371 g/mol. The standard InChI is InChI=1S/C17H17N5O3S/c1-18-17(23)13-5-9-15(10-6-13)26(24,25)21-14-7-3-12(4-8-14)16-20-19-11-22(16)2/h3-11,21H,1-2H3,(H,18,23). The van der Waals surface area contributed by atoms with Crippen LogP contribution in [-0.4, -0.2) is 36.1 Å². The van der Waals surface area contributed by atoms with Crippen LogP contribution in [-0.2, 0) is 17.1 Å². The van der Waals surface area contributed by atoms with Crippen LogP contribution >= 0.6 is 0 Å². The topological polar surface area (TPSA) is 106 Å². The van der Waals surface area contributed by atoms with Gasteiger partial charge in [-0.1, -0.05) is 0 Å². The number of aryl methyl sites for hydroxylation is 1. The van der Waals surface area contributed by atoms with Crippen molar-refractivity contribution in [2.45, 2.75) is 4.90 Å². The van der Waals surface area contributed by atoms with Gasteiger partial charge in [-0.3, -0.25) is 9.52 Å². The number of carbonyl (C=O) groups excluding carboxylic acids is 1. The van der Waals surface area contributed by atoms with Crippen LogP contribution in [0.2, 0.25) is 0 Å². The number of aromatic nitrogens is 3. The van der Waals surface area contributed by atoms with E-state index in [-0.39, 0.29) is 10.8 Å². The third-order valence-electron chi connectivity index (χ3n) is 3.76. The number of hydrogen-bond donors (Lipinski definition) is 2. The van der Waals surface area contributed by atoms with E-state index in [0.717, 1.165) is 5.56 Å². The molecule has 0 aliphatic rings. The minimum atomic E-state index is -3.75. The lowest BCUT2D eigenvalue weighted by atomic mass is 10.2. The number of benzene rings is 2. The van der Waals surface area contributed by atoms with Gasteiger partial charge in [0.15, 0.2) is 5.82 Å². The highest BCUT2D eigenvalue weighted by molar-refractivity contribution is 7.92. The molecule has 1 amide bonds. The maximum Gasteiger partial charge on any atom is 0.261 e. The molecule has 0 radical (unpaired) electrons. The van der Waals surface area contributed by atoms with Gasteiger partial charge >= 0.3 is 0 Å². The number of nitrogens with zero attached hydrogens (tertiary/aromatic N) is 3. The Kier molecular flexibility index (Phi) is 4.72. The lowest BCUT2D eigenvalue weighted by molar-refractivity contribution is 0.0963. The fourth-order valence-corrected chi connectivity index (χ4v) is 3.43. The Morgan fingerprint density at radius 1 is 1.04 bits per heavy atom.